The maximum atomic E-state index is 12.7. The molecule has 1 amide bonds. The quantitative estimate of drug-likeness (QED) is 0.180. The fourth-order valence-corrected chi connectivity index (χ4v) is 4.10. The maximum Gasteiger partial charge on any atom is 0.339 e. The molecule has 0 unspecified atom stereocenters. The number of nitro groups is 1. The molecule has 178 valence electrons. The molecule has 0 atom stereocenters. The van der Waals surface area contributed by atoms with Crippen molar-refractivity contribution >= 4 is 27.8 Å². The molecule has 1 heterocycles. The van der Waals surface area contributed by atoms with Crippen molar-refractivity contribution in [2.75, 3.05) is 32.9 Å². The first-order valence-corrected chi connectivity index (χ1v) is 11.6. The van der Waals surface area contributed by atoms with Crippen LogP contribution in [0.4, 0.5) is 5.69 Å². The zero-order chi connectivity index (χ0) is 24.7. The van der Waals surface area contributed by atoms with E-state index in [0.717, 1.165) is 12.1 Å². The maximum absolute atomic E-state index is 12.7. The predicted octanol–water partition coefficient (Wildman–Crippen LogP) is 2.53. The summed E-state index contributed by atoms with van der Waals surface area (Å²) in [7, 11) is -4.40. The van der Waals surface area contributed by atoms with E-state index in [1.807, 2.05) is 6.07 Å². The molecule has 0 aliphatic carbocycles. The molecule has 1 saturated heterocycles. The number of amides is 1. The van der Waals surface area contributed by atoms with Gasteiger partial charge in [-0.25, -0.2) is 0 Å². The van der Waals surface area contributed by atoms with Gasteiger partial charge in [-0.2, -0.15) is 13.7 Å². The number of nitriles is 1. The summed E-state index contributed by atoms with van der Waals surface area (Å²) in [6.07, 6.45) is 1.37. The van der Waals surface area contributed by atoms with Gasteiger partial charge in [0.05, 0.1) is 24.7 Å². The molecule has 0 spiro atoms. The Morgan fingerprint density at radius 2 is 1.97 bits per heavy atom. The molecule has 1 fully saturated rings. The number of hydrogen-bond donors (Lipinski definition) is 0. The number of carbonyl (C=O) groups excluding carboxylic acids is 1. The molecule has 11 nitrogen and oxygen atoms in total. The van der Waals surface area contributed by atoms with Crippen LogP contribution in [0.2, 0.25) is 0 Å². The number of carbonyl (C=O) groups is 1. The van der Waals surface area contributed by atoms with Crippen LogP contribution in [-0.4, -0.2) is 57.1 Å². The van der Waals surface area contributed by atoms with Gasteiger partial charge >= 0.3 is 10.1 Å². The van der Waals surface area contributed by atoms with Crippen LogP contribution in [0.15, 0.2) is 52.9 Å². The minimum Gasteiger partial charge on any atom is -0.490 e. The SMILES string of the molecule is CCOc1cc(/C=C(\C#N)C(=O)N2CCOCC2)ccc1OS(=O)(=O)c1cccc([N+](=O)[O-])c1. The molecule has 3 rings (SSSR count). The highest BCUT2D eigenvalue weighted by molar-refractivity contribution is 7.87. The fraction of sp³-hybridized carbons (Fsp3) is 0.273. The first-order valence-electron chi connectivity index (χ1n) is 10.2. The summed E-state index contributed by atoms with van der Waals surface area (Å²) >= 11 is 0. The zero-order valence-corrected chi connectivity index (χ0v) is 19.0. The van der Waals surface area contributed by atoms with Gasteiger partial charge < -0.3 is 18.6 Å². The van der Waals surface area contributed by atoms with Crippen molar-refractivity contribution in [3.05, 3.63) is 63.7 Å². The van der Waals surface area contributed by atoms with E-state index in [0.29, 0.717) is 31.9 Å². The number of non-ortho nitro benzene ring substituents is 1. The Kier molecular flexibility index (Phi) is 7.83. The van der Waals surface area contributed by atoms with Gasteiger partial charge in [-0.1, -0.05) is 12.1 Å². The van der Waals surface area contributed by atoms with Crippen LogP contribution in [0.25, 0.3) is 6.08 Å². The van der Waals surface area contributed by atoms with E-state index in [4.69, 9.17) is 13.7 Å². The van der Waals surface area contributed by atoms with E-state index >= 15 is 0 Å². The van der Waals surface area contributed by atoms with Crippen molar-refractivity contribution in [2.45, 2.75) is 11.8 Å². The minimum atomic E-state index is -4.40. The van der Waals surface area contributed by atoms with Crippen molar-refractivity contribution in [3.63, 3.8) is 0 Å². The third kappa shape index (κ3) is 5.89. The average Bonchev–Trinajstić information content (AvgIpc) is 2.84. The number of ether oxygens (including phenoxy) is 2. The molecule has 2 aromatic rings. The normalized spacial score (nSPS) is 14.2. The van der Waals surface area contributed by atoms with Crippen molar-refractivity contribution in [1.82, 2.24) is 4.90 Å². The van der Waals surface area contributed by atoms with Gasteiger partial charge in [0.15, 0.2) is 11.5 Å². The molecule has 1 aliphatic heterocycles. The van der Waals surface area contributed by atoms with Gasteiger partial charge in [-0.15, -0.1) is 0 Å². The van der Waals surface area contributed by atoms with E-state index in [2.05, 4.69) is 0 Å². The molecule has 1 aliphatic rings. The summed E-state index contributed by atoms with van der Waals surface area (Å²) in [5.74, 6) is -0.526. The lowest BCUT2D eigenvalue weighted by atomic mass is 10.1. The molecular weight excluding hydrogens is 466 g/mol. The minimum absolute atomic E-state index is 0.0568. The molecule has 2 aromatic carbocycles. The van der Waals surface area contributed by atoms with Gasteiger partial charge in [-0.05, 0) is 36.8 Å². The van der Waals surface area contributed by atoms with E-state index in [-0.39, 0.29) is 23.7 Å². The third-order valence-electron chi connectivity index (χ3n) is 4.74. The number of rotatable bonds is 8. The second-order valence-corrected chi connectivity index (χ2v) is 8.55. The highest BCUT2D eigenvalue weighted by Crippen LogP contribution is 2.32. The van der Waals surface area contributed by atoms with Crippen molar-refractivity contribution in [3.8, 4) is 17.6 Å². The Morgan fingerprint density at radius 1 is 1.24 bits per heavy atom. The lowest BCUT2D eigenvalue weighted by molar-refractivity contribution is -0.385. The second-order valence-electron chi connectivity index (χ2n) is 7.01. The van der Waals surface area contributed by atoms with Crippen LogP contribution < -0.4 is 8.92 Å². The summed E-state index contributed by atoms with van der Waals surface area (Å²) in [6, 6.07) is 10.6. The average molecular weight is 487 g/mol. The number of hydrogen-bond acceptors (Lipinski definition) is 9. The Labute approximate surface area is 196 Å². The molecule has 0 bridgehead atoms. The molecule has 0 aromatic heterocycles. The van der Waals surface area contributed by atoms with E-state index < -0.39 is 31.5 Å². The lowest BCUT2D eigenvalue weighted by Gasteiger charge is -2.26. The lowest BCUT2D eigenvalue weighted by Crippen LogP contribution is -2.41. The van der Waals surface area contributed by atoms with Crippen LogP contribution >= 0.6 is 0 Å². The number of nitro benzene ring substituents is 1. The zero-order valence-electron chi connectivity index (χ0n) is 18.2. The largest absolute Gasteiger partial charge is 0.490 e. The number of morpholine rings is 1. The summed E-state index contributed by atoms with van der Waals surface area (Å²) in [5, 5.41) is 20.4. The van der Waals surface area contributed by atoms with Gasteiger partial charge in [0.25, 0.3) is 11.6 Å². The number of nitrogens with zero attached hydrogens (tertiary/aromatic N) is 3. The number of benzene rings is 2. The van der Waals surface area contributed by atoms with Crippen LogP contribution in [0.1, 0.15) is 12.5 Å². The van der Waals surface area contributed by atoms with Gasteiger partial charge in [-0.3, -0.25) is 14.9 Å². The van der Waals surface area contributed by atoms with Crippen molar-refractivity contribution in [2.24, 2.45) is 0 Å². The van der Waals surface area contributed by atoms with Crippen LogP contribution in [0.3, 0.4) is 0 Å². The standard InChI is InChI=1S/C22H21N3O8S/c1-2-32-21-13-16(12-17(15-23)22(26)24-8-10-31-11-9-24)6-7-20(21)33-34(29,30)19-5-3-4-18(14-19)25(27)28/h3-7,12-14H,2,8-11H2,1H3/b17-12+. The van der Waals surface area contributed by atoms with Crippen LogP contribution in [0, 0.1) is 21.4 Å². The highest BCUT2D eigenvalue weighted by atomic mass is 32.2. The summed E-state index contributed by atoms with van der Waals surface area (Å²) in [5.41, 5.74) is -0.0758. The smallest absolute Gasteiger partial charge is 0.339 e. The van der Waals surface area contributed by atoms with Gasteiger partial charge in [0.1, 0.15) is 16.5 Å². The van der Waals surface area contributed by atoms with Crippen molar-refractivity contribution in [1.29, 1.82) is 5.26 Å². The summed E-state index contributed by atoms with van der Waals surface area (Å²) in [6.45, 7) is 3.41. The van der Waals surface area contributed by atoms with Crippen molar-refractivity contribution < 1.29 is 31.8 Å². The van der Waals surface area contributed by atoms with Crippen LogP contribution in [-0.2, 0) is 19.6 Å². The fourth-order valence-electron chi connectivity index (χ4n) is 3.12. The first-order chi connectivity index (χ1) is 16.2. The molecule has 0 radical (unpaired) electrons. The van der Waals surface area contributed by atoms with Crippen LogP contribution in [0.5, 0.6) is 11.5 Å². The van der Waals surface area contributed by atoms with Gasteiger partial charge in [0.2, 0.25) is 0 Å². The molecule has 12 heteroatoms. The molecular formula is C22H21N3O8S. The summed E-state index contributed by atoms with van der Waals surface area (Å²) < 4.78 is 41.3. The molecule has 0 saturated carbocycles. The Hall–Kier alpha value is -3.95. The van der Waals surface area contributed by atoms with E-state index in [1.165, 1.54) is 41.3 Å². The Balaban J connectivity index is 1.90. The second kappa shape index (κ2) is 10.8. The molecule has 0 N–H and O–H groups in total. The van der Waals surface area contributed by atoms with Gasteiger partial charge in [0, 0.05) is 25.2 Å². The third-order valence-corrected chi connectivity index (χ3v) is 5.97. The van der Waals surface area contributed by atoms with E-state index in [1.54, 1.807) is 6.92 Å². The monoisotopic (exact) mass is 487 g/mol. The Bertz CT molecular complexity index is 1260. The summed E-state index contributed by atoms with van der Waals surface area (Å²) in [4.78, 5) is 24.0. The first kappa shape index (κ1) is 24.7. The Morgan fingerprint density at radius 3 is 2.62 bits per heavy atom. The van der Waals surface area contributed by atoms with E-state index in [9.17, 15) is 28.6 Å². The highest BCUT2D eigenvalue weighted by Gasteiger charge is 2.23. The topological polar surface area (TPSA) is 149 Å². The predicted molar refractivity (Wildman–Crippen MR) is 120 cm³/mol. The molecule has 34 heavy (non-hydrogen) atoms.